The van der Waals surface area contributed by atoms with E-state index in [0.29, 0.717) is 12.6 Å². The maximum absolute atomic E-state index is 12.3. The molecule has 1 heterocycles. The Labute approximate surface area is 116 Å². The molecule has 0 radical (unpaired) electrons. The summed E-state index contributed by atoms with van der Waals surface area (Å²) in [4.78, 5) is 14.6. The monoisotopic (exact) mass is 259 g/mol. The molecule has 1 aliphatic rings. The Kier molecular flexibility index (Phi) is 4.76. The van der Waals surface area contributed by atoms with Crippen molar-refractivity contribution in [3.05, 3.63) is 35.4 Å². The van der Waals surface area contributed by atoms with E-state index in [-0.39, 0.29) is 5.78 Å². The molecule has 1 aromatic rings. The van der Waals surface area contributed by atoms with Gasteiger partial charge in [0.1, 0.15) is 0 Å². The summed E-state index contributed by atoms with van der Waals surface area (Å²) >= 11 is 0. The molecule has 2 nitrogen and oxygen atoms in total. The normalized spacial score (nSPS) is 24.4. The third-order valence-corrected chi connectivity index (χ3v) is 4.31. The Bertz CT molecular complexity index is 423. The highest BCUT2D eigenvalue weighted by atomic mass is 16.1. The number of Topliss-reactive ketones (excluding diaryl/α,β-unsaturated/α-hetero) is 1. The highest BCUT2D eigenvalue weighted by Gasteiger charge is 2.24. The average Bonchev–Trinajstić information content (AvgIpc) is 2.42. The molecule has 0 aromatic heterocycles. The van der Waals surface area contributed by atoms with Gasteiger partial charge in [-0.05, 0) is 44.2 Å². The second-order valence-corrected chi connectivity index (χ2v) is 5.92. The summed E-state index contributed by atoms with van der Waals surface area (Å²) in [7, 11) is 0. The van der Waals surface area contributed by atoms with E-state index in [2.05, 4.69) is 37.8 Å². The topological polar surface area (TPSA) is 20.3 Å². The SMILES string of the molecule is CCc1ccc(C(=O)CN2CCC(C)CC2C)cc1. The van der Waals surface area contributed by atoms with Crippen LogP contribution in [0.5, 0.6) is 0 Å². The molecule has 0 N–H and O–H groups in total. The number of carbonyl (C=O) groups excluding carboxylic acids is 1. The number of carbonyl (C=O) groups is 1. The van der Waals surface area contributed by atoms with Crippen LogP contribution in [-0.4, -0.2) is 29.8 Å². The number of rotatable bonds is 4. The first kappa shape index (κ1) is 14.3. The lowest BCUT2D eigenvalue weighted by molar-refractivity contribution is 0.0816. The first-order valence-corrected chi connectivity index (χ1v) is 7.46. The van der Waals surface area contributed by atoms with Crippen LogP contribution in [0, 0.1) is 5.92 Å². The van der Waals surface area contributed by atoms with Crippen molar-refractivity contribution in [3.63, 3.8) is 0 Å². The van der Waals surface area contributed by atoms with Gasteiger partial charge in [0.05, 0.1) is 6.54 Å². The van der Waals surface area contributed by atoms with Crippen LogP contribution in [-0.2, 0) is 6.42 Å². The number of benzene rings is 1. The van der Waals surface area contributed by atoms with Crippen molar-refractivity contribution in [3.8, 4) is 0 Å². The predicted molar refractivity (Wildman–Crippen MR) is 79.6 cm³/mol. The van der Waals surface area contributed by atoms with Gasteiger partial charge in [0.2, 0.25) is 0 Å². The van der Waals surface area contributed by atoms with Crippen LogP contribution >= 0.6 is 0 Å². The van der Waals surface area contributed by atoms with Gasteiger partial charge < -0.3 is 0 Å². The van der Waals surface area contributed by atoms with Crippen molar-refractivity contribution in [2.75, 3.05) is 13.1 Å². The smallest absolute Gasteiger partial charge is 0.176 e. The zero-order valence-corrected chi connectivity index (χ0v) is 12.4. The summed E-state index contributed by atoms with van der Waals surface area (Å²) in [5.74, 6) is 1.05. The minimum Gasteiger partial charge on any atom is -0.293 e. The number of nitrogens with zero attached hydrogens (tertiary/aromatic N) is 1. The van der Waals surface area contributed by atoms with Crippen molar-refractivity contribution >= 4 is 5.78 Å². The molecule has 1 saturated heterocycles. The Hall–Kier alpha value is -1.15. The summed E-state index contributed by atoms with van der Waals surface area (Å²) in [6, 6.07) is 8.60. The Morgan fingerprint density at radius 2 is 1.95 bits per heavy atom. The molecular weight excluding hydrogens is 234 g/mol. The summed E-state index contributed by atoms with van der Waals surface area (Å²) in [5, 5.41) is 0. The number of likely N-dealkylation sites (tertiary alicyclic amines) is 1. The van der Waals surface area contributed by atoms with Gasteiger partial charge in [0.25, 0.3) is 0 Å². The van der Waals surface area contributed by atoms with E-state index in [1.807, 2.05) is 12.1 Å². The Morgan fingerprint density at radius 1 is 1.26 bits per heavy atom. The van der Waals surface area contributed by atoms with E-state index >= 15 is 0 Å². The largest absolute Gasteiger partial charge is 0.293 e. The van der Waals surface area contributed by atoms with Crippen LogP contribution in [0.4, 0.5) is 0 Å². The maximum Gasteiger partial charge on any atom is 0.176 e. The molecule has 0 spiro atoms. The van der Waals surface area contributed by atoms with Crippen molar-refractivity contribution in [1.29, 1.82) is 0 Å². The lowest BCUT2D eigenvalue weighted by atomic mass is 9.93. The van der Waals surface area contributed by atoms with Gasteiger partial charge in [0.15, 0.2) is 5.78 Å². The third-order valence-electron chi connectivity index (χ3n) is 4.31. The van der Waals surface area contributed by atoms with E-state index in [9.17, 15) is 4.79 Å². The Balaban J connectivity index is 1.96. The standard InChI is InChI=1S/C17H25NO/c1-4-15-5-7-16(8-6-15)17(19)12-18-10-9-13(2)11-14(18)3/h5-8,13-14H,4,9-12H2,1-3H3. The van der Waals surface area contributed by atoms with Crippen LogP contribution in [0.25, 0.3) is 0 Å². The fourth-order valence-corrected chi connectivity index (χ4v) is 2.89. The van der Waals surface area contributed by atoms with Crippen LogP contribution in [0.1, 0.15) is 49.5 Å². The van der Waals surface area contributed by atoms with Crippen molar-refractivity contribution in [2.24, 2.45) is 5.92 Å². The molecule has 0 saturated carbocycles. The van der Waals surface area contributed by atoms with Crippen LogP contribution in [0.3, 0.4) is 0 Å². The minimum absolute atomic E-state index is 0.254. The van der Waals surface area contributed by atoms with Crippen LogP contribution in [0.15, 0.2) is 24.3 Å². The van der Waals surface area contributed by atoms with E-state index < -0.39 is 0 Å². The van der Waals surface area contributed by atoms with Crippen molar-refractivity contribution < 1.29 is 4.79 Å². The van der Waals surface area contributed by atoms with Gasteiger partial charge in [-0.25, -0.2) is 0 Å². The highest BCUT2D eigenvalue weighted by molar-refractivity contribution is 5.97. The molecule has 1 fully saturated rings. The molecule has 0 amide bonds. The van der Waals surface area contributed by atoms with Crippen LogP contribution in [0.2, 0.25) is 0 Å². The van der Waals surface area contributed by atoms with E-state index in [4.69, 9.17) is 0 Å². The fourth-order valence-electron chi connectivity index (χ4n) is 2.89. The zero-order chi connectivity index (χ0) is 13.8. The fraction of sp³-hybridized carbons (Fsp3) is 0.588. The van der Waals surface area contributed by atoms with Gasteiger partial charge in [-0.1, -0.05) is 38.1 Å². The molecule has 104 valence electrons. The number of ketones is 1. The molecule has 2 rings (SSSR count). The van der Waals surface area contributed by atoms with Crippen LogP contribution < -0.4 is 0 Å². The van der Waals surface area contributed by atoms with Gasteiger partial charge in [-0.2, -0.15) is 0 Å². The number of hydrogen-bond donors (Lipinski definition) is 0. The molecule has 0 aliphatic carbocycles. The molecule has 2 unspecified atom stereocenters. The Morgan fingerprint density at radius 3 is 2.53 bits per heavy atom. The molecule has 2 atom stereocenters. The minimum atomic E-state index is 0.254. The van der Waals surface area contributed by atoms with Gasteiger partial charge in [-0.3, -0.25) is 9.69 Å². The number of hydrogen-bond acceptors (Lipinski definition) is 2. The molecule has 2 heteroatoms. The lowest BCUT2D eigenvalue weighted by Crippen LogP contribution is -2.43. The summed E-state index contributed by atoms with van der Waals surface area (Å²) in [6.45, 7) is 8.30. The summed E-state index contributed by atoms with van der Waals surface area (Å²) < 4.78 is 0. The van der Waals surface area contributed by atoms with Crippen molar-refractivity contribution in [2.45, 2.75) is 46.1 Å². The number of aryl methyl sites for hydroxylation is 1. The van der Waals surface area contributed by atoms with E-state index in [1.165, 1.54) is 18.4 Å². The second-order valence-electron chi connectivity index (χ2n) is 5.92. The molecule has 19 heavy (non-hydrogen) atoms. The molecular formula is C17H25NO. The van der Waals surface area contributed by atoms with Gasteiger partial charge in [0, 0.05) is 11.6 Å². The quantitative estimate of drug-likeness (QED) is 0.771. The molecule has 1 aromatic carbocycles. The van der Waals surface area contributed by atoms with E-state index in [1.54, 1.807) is 0 Å². The van der Waals surface area contributed by atoms with Gasteiger partial charge >= 0.3 is 0 Å². The van der Waals surface area contributed by atoms with E-state index in [0.717, 1.165) is 24.4 Å². The summed E-state index contributed by atoms with van der Waals surface area (Å²) in [6.07, 6.45) is 3.45. The molecule has 0 bridgehead atoms. The lowest BCUT2D eigenvalue weighted by Gasteiger charge is -2.35. The molecule has 1 aliphatic heterocycles. The maximum atomic E-state index is 12.3. The highest BCUT2D eigenvalue weighted by Crippen LogP contribution is 2.22. The summed E-state index contributed by atoms with van der Waals surface area (Å²) in [5.41, 5.74) is 2.14. The predicted octanol–water partition coefficient (Wildman–Crippen LogP) is 3.55. The van der Waals surface area contributed by atoms with Crippen molar-refractivity contribution in [1.82, 2.24) is 4.90 Å². The zero-order valence-electron chi connectivity index (χ0n) is 12.4. The second kappa shape index (κ2) is 6.33. The third kappa shape index (κ3) is 3.66. The first-order chi connectivity index (χ1) is 9.10. The average molecular weight is 259 g/mol. The number of piperidine rings is 1. The van der Waals surface area contributed by atoms with Gasteiger partial charge in [-0.15, -0.1) is 0 Å². The first-order valence-electron chi connectivity index (χ1n) is 7.46.